The number of nitrogens with zero attached hydrogens (tertiary/aromatic N) is 1. The summed E-state index contributed by atoms with van der Waals surface area (Å²) in [5, 5.41) is 23.7. The number of piperidine rings is 1. The van der Waals surface area contributed by atoms with E-state index in [0.29, 0.717) is 18.4 Å². The third kappa shape index (κ3) is 4.45. The van der Waals surface area contributed by atoms with Crippen molar-refractivity contribution < 1.29 is 38.8 Å². The monoisotopic (exact) mass is 533 g/mol. The van der Waals surface area contributed by atoms with E-state index in [9.17, 15) is 24.6 Å². The lowest BCUT2D eigenvalue weighted by Crippen LogP contribution is -2.81. The van der Waals surface area contributed by atoms with Crippen LogP contribution in [0.1, 0.15) is 73.1 Å². The van der Waals surface area contributed by atoms with Gasteiger partial charge in [0.25, 0.3) is 0 Å². The van der Waals surface area contributed by atoms with E-state index < -0.39 is 64.2 Å². The van der Waals surface area contributed by atoms with E-state index in [0.717, 1.165) is 32.4 Å². The Balaban J connectivity index is 1.64. The summed E-state index contributed by atoms with van der Waals surface area (Å²) in [5.74, 6) is -1.84. The second kappa shape index (κ2) is 9.84. The lowest BCUT2D eigenvalue weighted by atomic mass is 9.44. The first-order valence-corrected chi connectivity index (χ1v) is 13.7. The molecule has 2 aliphatic carbocycles. The van der Waals surface area contributed by atoms with Gasteiger partial charge in [-0.2, -0.15) is 0 Å². The molecule has 2 N–H and O–H groups in total. The van der Waals surface area contributed by atoms with Gasteiger partial charge in [0.15, 0.2) is 24.1 Å². The molecule has 3 fully saturated rings. The molecule has 0 unspecified atom stereocenters. The molecule has 0 aromatic carbocycles. The highest BCUT2D eigenvalue weighted by Crippen LogP contribution is 2.64. The predicted octanol–water partition coefficient (Wildman–Crippen LogP) is 2.48. The summed E-state index contributed by atoms with van der Waals surface area (Å²) >= 11 is 0. The lowest BCUT2D eigenvalue weighted by molar-refractivity contribution is -0.305. The first kappa shape index (κ1) is 28.9. The predicted molar refractivity (Wildman–Crippen MR) is 139 cm³/mol. The van der Waals surface area contributed by atoms with Gasteiger partial charge < -0.3 is 24.4 Å². The van der Waals surface area contributed by atoms with Gasteiger partial charge in [0, 0.05) is 6.42 Å². The van der Waals surface area contributed by atoms with Gasteiger partial charge in [-0.25, -0.2) is 4.79 Å². The number of hydrogen-bond donors (Lipinski definition) is 2. The molecular formula is C29H43NO8. The third-order valence-electron chi connectivity index (χ3n) is 9.53. The van der Waals surface area contributed by atoms with Gasteiger partial charge in [0.1, 0.15) is 5.60 Å². The van der Waals surface area contributed by atoms with Crippen molar-refractivity contribution in [3.63, 3.8) is 0 Å². The van der Waals surface area contributed by atoms with E-state index in [4.69, 9.17) is 14.2 Å². The second-order valence-corrected chi connectivity index (χ2v) is 12.7. The molecular weight excluding hydrogens is 490 g/mol. The average Bonchev–Trinajstić information content (AvgIpc) is 2.85. The van der Waals surface area contributed by atoms with E-state index in [1.807, 2.05) is 18.7 Å². The number of esters is 2. The molecule has 2 heterocycles. The summed E-state index contributed by atoms with van der Waals surface area (Å²) in [6.07, 6.45) is 5.08. The highest BCUT2D eigenvalue weighted by Gasteiger charge is 2.76. The topological polar surface area (TPSA) is 123 Å². The smallest absolute Gasteiger partial charge is 0.344 e. The van der Waals surface area contributed by atoms with E-state index in [2.05, 4.69) is 6.58 Å². The van der Waals surface area contributed by atoms with Gasteiger partial charge in [-0.1, -0.05) is 31.9 Å². The molecule has 212 valence electrons. The standard InChI is InChI=1S/C29H43NO8/c1-7-26(4)16-21(32)29(35)27(5)19(25(2,3)12-11-20(27)31)15-22(28(29,6)38-26)37-24(34)18-36-23(33)17-30-13-9-8-10-14-30/h7,15,20,22,31,35H,1,8-14,16-18H2,2-6H3/t20-,22-,26-,27+,28+,29-/m0/s1. The Kier molecular flexibility index (Phi) is 7.49. The van der Waals surface area contributed by atoms with E-state index >= 15 is 0 Å². The number of rotatable bonds is 6. The molecule has 2 saturated heterocycles. The molecule has 4 rings (SSSR count). The molecule has 38 heavy (non-hydrogen) atoms. The third-order valence-corrected chi connectivity index (χ3v) is 9.53. The van der Waals surface area contributed by atoms with Gasteiger partial charge in [-0.15, -0.1) is 6.58 Å². The molecule has 0 aromatic heterocycles. The van der Waals surface area contributed by atoms with E-state index in [1.165, 1.54) is 6.08 Å². The van der Waals surface area contributed by atoms with Gasteiger partial charge in [-0.05, 0) is 71.0 Å². The number of carbonyl (C=O) groups excluding carboxylic acids is 3. The minimum Gasteiger partial charge on any atom is -0.453 e. The van der Waals surface area contributed by atoms with Crippen molar-refractivity contribution >= 4 is 17.7 Å². The maximum atomic E-state index is 13.9. The summed E-state index contributed by atoms with van der Waals surface area (Å²) in [6.45, 7) is 13.8. The fourth-order valence-electron chi connectivity index (χ4n) is 7.26. The Hall–Kier alpha value is -2.07. The number of ketones is 1. The summed E-state index contributed by atoms with van der Waals surface area (Å²) in [4.78, 5) is 41.2. The fraction of sp³-hybridized carbons (Fsp3) is 0.759. The summed E-state index contributed by atoms with van der Waals surface area (Å²) < 4.78 is 17.4. The Bertz CT molecular complexity index is 1030. The van der Waals surface area contributed by atoms with Crippen molar-refractivity contribution in [3.05, 3.63) is 24.3 Å². The Morgan fingerprint density at radius 2 is 1.82 bits per heavy atom. The Labute approximate surface area is 225 Å². The minimum atomic E-state index is -2.19. The molecule has 1 saturated carbocycles. The number of aliphatic hydroxyl groups is 2. The molecule has 0 aromatic rings. The molecule has 0 amide bonds. The maximum Gasteiger partial charge on any atom is 0.344 e. The first-order chi connectivity index (χ1) is 17.6. The van der Waals surface area contributed by atoms with Crippen LogP contribution in [0, 0.1) is 10.8 Å². The summed E-state index contributed by atoms with van der Waals surface area (Å²) in [5.41, 5.74) is -6.28. The van der Waals surface area contributed by atoms with Crippen molar-refractivity contribution in [1.82, 2.24) is 4.90 Å². The van der Waals surface area contributed by atoms with Crippen molar-refractivity contribution in [2.75, 3.05) is 26.2 Å². The number of aliphatic hydroxyl groups excluding tert-OH is 1. The van der Waals surface area contributed by atoms with Crippen LogP contribution in [0.3, 0.4) is 0 Å². The van der Waals surface area contributed by atoms with Crippen LogP contribution in [0.15, 0.2) is 24.3 Å². The van der Waals surface area contributed by atoms with Crippen molar-refractivity contribution in [3.8, 4) is 0 Å². The number of carbonyl (C=O) groups is 3. The number of fused-ring (bicyclic) bond motifs is 3. The van der Waals surface area contributed by atoms with Gasteiger partial charge in [0.05, 0.1) is 23.7 Å². The van der Waals surface area contributed by atoms with Crippen LogP contribution in [0.5, 0.6) is 0 Å². The molecule has 0 radical (unpaired) electrons. The molecule has 4 aliphatic rings. The van der Waals surface area contributed by atoms with Gasteiger partial charge in [-0.3, -0.25) is 14.5 Å². The zero-order valence-electron chi connectivity index (χ0n) is 23.4. The number of likely N-dealkylation sites (tertiary alicyclic amines) is 1. The van der Waals surface area contributed by atoms with Crippen LogP contribution in [0.2, 0.25) is 0 Å². The van der Waals surface area contributed by atoms with Crippen LogP contribution < -0.4 is 0 Å². The zero-order chi connectivity index (χ0) is 28.1. The van der Waals surface area contributed by atoms with Crippen LogP contribution in [-0.2, 0) is 28.6 Å². The minimum absolute atomic E-state index is 0.109. The van der Waals surface area contributed by atoms with Gasteiger partial charge in [0.2, 0.25) is 0 Å². The maximum absolute atomic E-state index is 13.9. The Morgan fingerprint density at radius 3 is 2.45 bits per heavy atom. The fourth-order valence-corrected chi connectivity index (χ4v) is 7.26. The number of ether oxygens (including phenoxy) is 3. The van der Waals surface area contributed by atoms with Crippen LogP contribution in [0.4, 0.5) is 0 Å². The quantitative estimate of drug-likeness (QED) is 0.392. The van der Waals surface area contributed by atoms with Crippen LogP contribution in [-0.4, -0.2) is 88.1 Å². The zero-order valence-corrected chi connectivity index (χ0v) is 23.4. The summed E-state index contributed by atoms with van der Waals surface area (Å²) in [6, 6.07) is 0. The molecule has 2 aliphatic heterocycles. The highest BCUT2D eigenvalue weighted by atomic mass is 16.6. The van der Waals surface area contributed by atoms with E-state index in [-0.39, 0.29) is 13.0 Å². The molecule has 0 bridgehead atoms. The lowest BCUT2D eigenvalue weighted by Gasteiger charge is -2.66. The largest absolute Gasteiger partial charge is 0.453 e. The van der Waals surface area contributed by atoms with Crippen molar-refractivity contribution in [1.29, 1.82) is 0 Å². The Morgan fingerprint density at radius 1 is 1.16 bits per heavy atom. The number of hydrogen-bond acceptors (Lipinski definition) is 9. The number of Topliss-reactive ketones (excluding diaryl/α,β-unsaturated/α-hetero) is 1. The molecule has 9 heteroatoms. The molecule has 0 spiro atoms. The van der Waals surface area contributed by atoms with Crippen molar-refractivity contribution in [2.45, 2.75) is 102 Å². The molecule has 9 nitrogen and oxygen atoms in total. The van der Waals surface area contributed by atoms with Crippen LogP contribution in [0.25, 0.3) is 0 Å². The summed E-state index contributed by atoms with van der Waals surface area (Å²) in [7, 11) is 0. The second-order valence-electron chi connectivity index (χ2n) is 12.7. The van der Waals surface area contributed by atoms with E-state index in [1.54, 1.807) is 26.8 Å². The highest BCUT2D eigenvalue weighted by molar-refractivity contribution is 5.93. The van der Waals surface area contributed by atoms with Crippen LogP contribution >= 0.6 is 0 Å². The van der Waals surface area contributed by atoms with Gasteiger partial charge >= 0.3 is 11.9 Å². The SMILES string of the molecule is C=C[C@@]1(C)CC(=O)[C@@]2(O)[C@](C)(O1)[C@@H](OC(=O)COC(=O)CN1CCCCC1)C=C1C(C)(C)CC[C@H](O)[C@@]12C. The molecule has 6 atom stereocenters. The normalized spacial score (nSPS) is 40.8. The van der Waals surface area contributed by atoms with Crippen molar-refractivity contribution in [2.24, 2.45) is 10.8 Å². The first-order valence-electron chi connectivity index (χ1n) is 13.7. The average molecular weight is 534 g/mol.